The highest BCUT2D eigenvalue weighted by atomic mass is 19.1. The van der Waals surface area contributed by atoms with Crippen molar-refractivity contribution in [1.29, 1.82) is 0 Å². The van der Waals surface area contributed by atoms with Crippen LogP contribution in [0.5, 0.6) is 5.75 Å². The molecule has 1 fully saturated rings. The van der Waals surface area contributed by atoms with Gasteiger partial charge in [-0.3, -0.25) is 14.4 Å². The monoisotopic (exact) mass is 645 g/mol. The van der Waals surface area contributed by atoms with Crippen LogP contribution in [0.2, 0.25) is 0 Å². The number of aromatic nitrogens is 1. The second-order valence-corrected chi connectivity index (χ2v) is 11.5. The summed E-state index contributed by atoms with van der Waals surface area (Å²) in [6.07, 6.45) is 1.31. The molecule has 2 aliphatic heterocycles. The molecule has 9 nitrogen and oxygen atoms in total. The number of carbonyl (C=O) groups excluding carboxylic acids is 3. The number of amides is 2. The highest BCUT2D eigenvalue weighted by Gasteiger charge is 2.44. The molecule has 2 aliphatic rings. The minimum absolute atomic E-state index is 0.108. The number of fused-ring (bicyclic) bond motifs is 4. The molecule has 3 heterocycles. The van der Waals surface area contributed by atoms with Gasteiger partial charge in [0.1, 0.15) is 35.7 Å². The lowest BCUT2D eigenvalue weighted by molar-refractivity contribution is 0.00986. The number of nitrogens with one attached hydrogen (secondary N) is 1. The molecule has 47 heavy (non-hydrogen) atoms. The summed E-state index contributed by atoms with van der Waals surface area (Å²) in [5.41, 5.74) is -1.07. The molecule has 2 amide bonds. The molecule has 6 rings (SSSR count). The fraction of sp³-hybridized carbons (Fsp3) is 0.257. The van der Waals surface area contributed by atoms with Crippen LogP contribution in [-0.2, 0) is 17.9 Å². The second kappa shape index (κ2) is 13.1. The Hall–Kier alpha value is -5.39. The van der Waals surface area contributed by atoms with E-state index in [1.165, 1.54) is 10.8 Å². The van der Waals surface area contributed by atoms with Crippen molar-refractivity contribution < 1.29 is 37.0 Å². The van der Waals surface area contributed by atoms with Crippen molar-refractivity contribution in [3.05, 3.63) is 135 Å². The van der Waals surface area contributed by atoms with Gasteiger partial charge >= 0.3 is 5.97 Å². The maximum atomic E-state index is 14.3. The first-order valence-corrected chi connectivity index (χ1v) is 15.1. The van der Waals surface area contributed by atoms with Crippen molar-refractivity contribution in [3.63, 3.8) is 0 Å². The van der Waals surface area contributed by atoms with Crippen LogP contribution in [0.15, 0.2) is 83.8 Å². The predicted octanol–water partition coefficient (Wildman–Crippen LogP) is 5.18. The lowest BCUT2D eigenvalue weighted by atomic mass is 10.0. The third kappa shape index (κ3) is 6.35. The number of halogens is 3. The van der Waals surface area contributed by atoms with Gasteiger partial charge in [0.15, 0.2) is 11.4 Å². The fourth-order valence-corrected chi connectivity index (χ4v) is 5.96. The van der Waals surface area contributed by atoms with E-state index in [1.54, 1.807) is 65.6 Å². The summed E-state index contributed by atoms with van der Waals surface area (Å²) in [4.78, 5) is 56.1. The number of rotatable bonds is 8. The predicted molar refractivity (Wildman–Crippen MR) is 163 cm³/mol. The number of carbonyl (C=O) groups is 3. The summed E-state index contributed by atoms with van der Waals surface area (Å²) in [7, 11) is 0. The van der Waals surface area contributed by atoms with E-state index in [4.69, 9.17) is 9.47 Å². The van der Waals surface area contributed by atoms with Gasteiger partial charge in [-0.05, 0) is 37.5 Å². The number of hydrogen-bond acceptors (Lipinski definition) is 6. The molecular weight excluding hydrogens is 615 g/mol. The van der Waals surface area contributed by atoms with Gasteiger partial charge in [-0.25, -0.2) is 18.0 Å². The number of benzene rings is 3. The molecule has 0 spiro atoms. The molecule has 1 N–H and O–H groups in total. The molecule has 1 unspecified atom stereocenters. The highest BCUT2D eigenvalue weighted by Crippen LogP contribution is 2.36. The molecule has 3 aromatic carbocycles. The first-order valence-electron chi connectivity index (χ1n) is 15.1. The van der Waals surface area contributed by atoms with Crippen molar-refractivity contribution >= 4 is 17.8 Å². The number of hydrogen-bond donors (Lipinski definition) is 1. The van der Waals surface area contributed by atoms with E-state index in [0.29, 0.717) is 36.1 Å². The Labute approximate surface area is 267 Å². The van der Waals surface area contributed by atoms with Gasteiger partial charge in [0.05, 0.1) is 11.6 Å². The maximum absolute atomic E-state index is 14.3. The standard InChI is InChI=1S/C35H30F3N3O6/c1-20-12-13-29(47-35(45)22-10-6-3-7-11-22)28-18-40(20)34(44)30-32(46-19-21-8-4-2-5-9-21)31(42)25(17-41(28)30)33(43)39-16-24-26(37)14-23(36)15-27(24)38/h2-11,14-15,17,20,28-29H,12-13,16,18-19H2,1H3,(H,39,43)/t20-,28?,29+/m0/s1. The molecule has 0 aliphatic carbocycles. The zero-order chi connectivity index (χ0) is 33.2. The third-order valence-corrected chi connectivity index (χ3v) is 8.50. The average molecular weight is 646 g/mol. The Bertz CT molecular complexity index is 1880. The van der Waals surface area contributed by atoms with Crippen LogP contribution >= 0.6 is 0 Å². The van der Waals surface area contributed by atoms with Crippen LogP contribution in [0.1, 0.15) is 68.1 Å². The van der Waals surface area contributed by atoms with Crippen molar-refractivity contribution in [2.75, 3.05) is 6.54 Å². The quantitative estimate of drug-likeness (QED) is 0.265. The Kier molecular flexibility index (Phi) is 8.84. The largest absolute Gasteiger partial charge is 0.483 e. The normalized spacial score (nSPS) is 18.6. The van der Waals surface area contributed by atoms with E-state index in [1.807, 2.05) is 6.92 Å². The Morgan fingerprint density at radius 3 is 2.28 bits per heavy atom. The van der Waals surface area contributed by atoms with Crippen molar-refractivity contribution in [2.24, 2.45) is 0 Å². The van der Waals surface area contributed by atoms with Crippen molar-refractivity contribution in [2.45, 2.75) is 51.1 Å². The van der Waals surface area contributed by atoms with Crippen LogP contribution in [0.4, 0.5) is 13.2 Å². The summed E-state index contributed by atoms with van der Waals surface area (Å²) < 4.78 is 55.5. The van der Waals surface area contributed by atoms with Crippen LogP contribution in [0, 0.1) is 17.5 Å². The zero-order valence-corrected chi connectivity index (χ0v) is 25.3. The van der Waals surface area contributed by atoms with Gasteiger partial charge < -0.3 is 24.3 Å². The topological polar surface area (TPSA) is 107 Å². The lowest BCUT2D eigenvalue weighted by Crippen LogP contribution is -2.50. The molecule has 1 saturated heterocycles. The van der Waals surface area contributed by atoms with Crippen LogP contribution in [0.3, 0.4) is 0 Å². The van der Waals surface area contributed by atoms with Gasteiger partial charge in [0.25, 0.3) is 11.8 Å². The minimum Gasteiger partial charge on any atom is -0.483 e. The molecular formula is C35H30F3N3O6. The van der Waals surface area contributed by atoms with Crippen molar-refractivity contribution in [3.8, 4) is 5.75 Å². The van der Waals surface area contributed by atoms with Gasteiger partial charge in [-0.15, -0.1) is 0 Å². The average Bonchev–Trinajstić information content (AvgIpc) is 3.20. The van der Waals surface area contributed by atoms with Gasteiger partial charge in [0, 0.05) is 43.0 Å². The lowest BCUT2D eigenvalue weighted by Gasteiger charge is -2.39. The summed E-state index contributed by atoms with van der Waals surface area (Å²) in [5.74, 6) is -6.00. The molecule has 0 saturated carbocycles. The van der Waals surface area contributed by atoms with Crippen LogP contribution < -0.4 is 15.5 Å². The number of ether oxygens (including phenoxy) is 2. The van der Waals surface area contributed by atoms with Gasteiger partial charge in [-0.1, -0.05) is 48.5 Å². The molecule has 0 radical (unpaired) electrons. The van der Waals surface area contributed by atoms with Crippen molar-refractivity contribution in [1.82, 2.24) is 14.8 Å². The summed E-state index contributed by atoms with van der Waals surface area (Å²) >= 11 is 0. The summed E-state index contributed by atoms with van der Waals surface area (Å²) in [6.45, 7) is 1.18. The fourth-order valence-electron chi connectivity index (χ4n) is 5.96. The first-order chi connectivity index (χ1) is 22.6. The zero-order valence-electron chi connectivity index (χ0n) is 25.3. The molecule has 4 aromatic rings. The summed E-state index contributed by atoms with van der Waals surface area (Å²) in [5, 5.41) is 2.33. The Balaban J connectivity index is 1.42. The number of esters is 1. The van der Waals surface area contributed by atoms with E-state index in [-0.39, 0.29) is 30.6 Å². The van der Waals surface area contributed by atoms with Gasteiger partial charge in [0.2, 0.25) is 5.43 Å². The van der Waals surface area contributed by atoms with Gasteiger partial charge in [-0.2, -0.15) is 0 Å². The van der Waals surface area contributed by atoms with E-state index >= 15 is 0 Å². The minimum atomic E-state index is -1.21. The Morgan fingerprint density at radius 2 is 1.60 bits per heavy atom. The molecule has 3 atom stereocenters. The highest BCUT2D eigenvalue weighted by molar-refractivity contribution is 5.99. The van der Waals surface area contributed by atoms with E-state index in [2.05, 4.69) is 5.32 Å². The van der Waals surface area contributed by atoms with Crippen LogP contribution in [0.25, 0.3) is 0 Å². The molecule has 2 bridgehead atoms. The molecule has 1 aromatic heterocycles. The number of nitrogens with zero attached hydrogens (tertiary/aromatic N) is 2. The van der Waals surface area contributed by atoms with E-state index in [0.717, 1.165) is 0 Å². The SMILES string of the molecule is C[C@H]1CC[C@@H](OC(=O)c2ccccc2)C2CN1C(=O)c1c(OCc3ccccc3)c(=O)c(C(=O)NCc3c(F)cc(F)cc3F)cn12. The van der Waals surface area contributed by atoms with E-state index < -0.39 is 70.5 Å². The maximum Gasteiger partial charge on any atom is 0.338 e. The van der Waals surface area contributed by atoms with Crippen LogP contribution in [-0.4, -0.2) is 45.9 Å². The Morgan fingerprint density at radius 1 is 0.936 bits per heavy atom. The molecule has 12 heteroatoms. The second-order valence-electron chi connectivity index (χ2n) is 11.5. The van der Waals surface area contributed by atoms with E-state index in [9.17, 15) is 32.3 Å². The smallest absolute Gasteiger partial charge is 0.338 e. The number of pyridine rings is 1. The first kappa shape index (κ1) is 31.6. The summed E-state index contributed by atoms with van der Waals surface area (Å²) in [6, 6.07) is 17.3. The molecule has 242 valence electrons. The third-order valence-electron chi connectivity index (χ3n) is 8.50.